The van der Waals surface area contributed by atoms with Crippen LogP contribution in [-0.4, -0.2) is 10.7 Å². The number of para-hydroxylation sites is 1. The van der Waals surface area contributed by atoms with Gasteiger partial charge >= 0.3 is 0 Å². The summed E-state index contributed by atoms with van der Waals surface area (Å²) in [7, 11) is 0. The minimum atomic E-state index is -0.850. The molecule has 0 bridgehead atoms. The third-order valence-electron chi connectivity index (χ3n) is 2.77. The number of nitrogens with zero attached hydrogens (tertiary/aromatic N) is 1. The van der Waals surface area contributed by atoms with Gasteiger partial charge in [0.2, 0.25) is 0 Å². The van der Waals surface area contributed by atoms with Gasteiger partial charge < -0.3 is 0 Å². The number of ketones is 1. The molecule has 0 radical (unpaired) electrons. The second kappa shape index (κ2) is 5.56. The zero-order valence-corrected chi connectivity index (χ0v) is 10.2. The lowest BCUT2D eigenvalue weighted by Crippen LogP contribution is -2.08. The zero-order chi connectivity index (χ0) is 14.7. The van der Waals surface area contributed by atoms with Crippen LogP contribution in [0.25, 0.3) is 0 Å². The fourth-order valence-corrected chi connectivity index (χ4v) is 1.80. The van der Waals surface area contributed by atoms with Crippen LogP contribution in [0.4, 0.5) is 14.5 Å². The van der Waals surface area contributed by atoms with E-state index in [1.165, 1.54) is 24.3 Å². The number of rotatable bonds is 4. The Morgan fingerprint density at radius 3 is 2.50 bits per heavy atom. The van der Waals surface area contributed by atoms with Crippen molar-refractivity contribution in [3.8, 4) is 0 Å². The van der Waals surface area contributed by atoms with Gasteiger partial charge in [-0.25, -0.2) is 8.78 Å². The van der Waals surface area contributed by atoms with E-state index in [0.717, 1.165) is 12.1 Å². The van der Waals surface area contributed by atoms with Crippen LogP contribution in [0.15, 0.2) is 42.5 Å². The summed E-state index contributed by atoms with van der Waals surface area (Å²) in [6.07, 6.45) is -0.364. The van der Waals surface area contributed by atoms with Gasteiger partial charge in [0.05, 0.1) is 10.5 Å². The minimum absolute atomic E-state index is 0.00505. The normalized spacial score (nSPS) is 10.3. The second-order valence-electron chi connectivity index (χ2n) is 4.11. The standard InChI is InChI=1S/C14H9F2NO3/c15-10-6-5-9(12(16)8-10)7-14(18)11-3-1-2-4-13(11)17(19)20/h1-6,8H,7H2. The van der Waals surface area contributed by atoms with Crippen LogP contribution in [0.1, 0.15) is 15.9 Å². The summed E-state index contributed by atoms with van der Waals surface area (Å²) in [6, 6.07) is 8.29. The number of carbonyl (C=O) groups excluding carboxylic acids is 1. The van der Waals surface area contributed by atoms with Gasteiger partial charge in [0.15, 0.2) is 5.78 Å². The van der Waals surface area contributed by atoms with Crippen molar-refractivity contribution in [1.82, 2.24) is 0 Å². The molecule has 0 aromatic heterocycles. The van der Waals surface area contributed by atoms with Crippen LogP contribution in [0, 0.1) is 21.7 Å². The van der Waals surface area contributed by atoms with Crippen molar-refractivity contribution in [2.24, 2.45) is 0 Å². The predicted octanol–water partition coefficient (Wildman–Crippen LogP) is 3.30. The lowest BCUT2D eigenvalue weighted by Gasteiger charge is -2.04. The maximum Gasteiger partial charge on any atom is 0.280 e. The Morgan fingerprint density at radius 2 is 1.85 bits per heavy atom. The Labute approximate surface area is 112 Å². The minimum Gasteiger partial charge on any atom is -0.294 e. The molecule has 0 spiro atoms. The quantitative estimate of drug-likeness (QED) is 0.489. The fraction of sp³-hybridized carbons (Fsp3) is 0.0714. The maximum absolute atomic E-state index is 13.5. The van der Waals surface area contributed by atoms with Crippen molar-refractivity contribution in [3.63, 3.8) is 0 Å². The number of nitro benzene ring substituents is 1. The van der Waals surface area contributed by atoms with E-state index >= 15 is 0 Å². The fourth-order valence-electron chi connectivity index (χ4n) is 1.80. The van der Waals surface area contributed by atoms with E-state index < -0.39 is 22.3 Å². The lowest BCUT2D eigenvalue weighted by molar-refractivity contribution is -0.385. The number of nitro groups is 1. The highest BCUT2D eigenvalue weighted by atomic mass is 19.1. The third kappa shape index (κ3) is 2.85. The molecule has 4 nitrogen and oxygen atoms in total. The molecule has 102 valence electrons. The molecule has 0 N–H and O–H groups in total. The van der Waals surface area contributed by atoms with Crippen LogP contribution in [0.5, 0.6) is 0 Å². The smallest absolute Gasteiger partial charge is 0.280 e. The van der Waals surface area contributed by atoms with Crippen molar-refractivity contribution in [2.75, 3.05) is 0 Å². The van der Waals surface area contributed by atoms with E-state index in [2.05, 4.69) is 0 Å². The van der Waals surface area contributed by atoms with Crippen LogP contribution in [0.2, 0.25) is 0 Å². The van der Waals surface area contributed by atoms with Crippen LogP contribution in [-0.2, 0) is 6.42 Å². The first kappa shape index (κ1) is 13.8. The van der Waals surface area contributed by atoms with Gasteiger partial charge in [-0.1, -0.05) is 18.2 Å². The molecule has 0 amide bonds. The average molecular weight is 277 g/mol. The predicted molar refractivity (Wildman–Crippen MR) is 67.5 cm³/mol. The lowest BCUT2D eigenvalue weighted by atomic mass is 10.0. The molecule has 0 atom stereocenters. The van der Waals surface area contributed by atoms with Crippen molar-refractivity contribution in [2.45, 2.75) is 6.42 Å². The molecular formula is C14H9F2NO3. The van der Waals surface area contributed by atoms with Crippen molar-refractivity contribution in [1.29, 1.82) is 0 Å². The monoisotopic (exact) mass is 277 g/mol. The number of hydrogen-bond donors (Lipinski definition) is 0. The van der Waals surface area contributed by atoms with Gasteiger partial charge in [0.25, 0.3) is 5.69 Å². The number of hydrogen-bond acceptors (Lipinski definition) is 3. The van der Waals surface area contributed by atoms with Gasteiger partial charge in [-0.2, -0.15) is 0 Å². The molecule has 2 aromatic rings. The molecule has 0 saturated carbocycles. The van der Waals surface area contributed by atoms with Crippen molar-refractivity contribution >= 4 is 11.5 Å². The topological polar surface area (TPSA) is 60.2 Å². The molecule has 6 heteroatoms. The highest BCUT2D eigenvalue weighted by molar-refractivity contribution is 6.01. The molecule has 2 aromatic carbocycles. The van der Waals surface area contributed by atoms with Crippen LogP contribution >= 0.6 is 0 Å². The molecule has 0 fully saturated rings. The van der Waals surface area contributed by atoms with Gasteiger partial charge in [0.1, 0.15) is 11.6 Å². The van der Waals surface area contributed by atoms with E-state index in [1.54, 1.807) is 0 Å². The molecule has 0 heterocycles. The van der Waals surface area contributed by atoms with Gasteiger partial charge in [-0.15, -0.1) is 0 Å². The summed E-state index contributed by atoms with van der Waals surface area (Å²) in [5.74, 6) is -2.19. The highest BCUT2D eigenvalue weighted by Gasteiger charge is 2.20. The highest BCUT2D eigenvalue weighted by Crippen LogP contribution is 2.20. The van der Waals surface area contributed by atoms with Gasteiger partial charge in [-0.3, -0.25) is 14.9 Å². The Morgan fingerprint density at radius 1 is 1.15 bits per heavy atom. The number of benzene rings is 2. The van der Waals surface area contributed by atoms with E-state index in [-0.39, 0.29) is 23.2 Å². The first-order valence-electron chi connectivity index (χ1n) is 5.69. The van der Waals surface area contributed by atoms with Crippen molar-refractivity contribution < 1.29 is 18.5 Å². The number of halogens is 2. The Bertz CT molecular complexity index is 686. The molecule has 0 aliphatic heterocycles. The summed E-state index contributed by atoms with van der Waals surface area (Å²) in [5.41, 5.74) is -0.434. The SMILES string of the molecule is O=C(Cc1ccc(F)cc1F)c1ccccc1[N+](=O)[O-]. The molecule has 0 saturated heterocycles. The van der Waals surface area contributed by atoms with E-state index in [9.17, 15) is 23.7 Å². The number of Topliss-reactive ketones (excluding diaryl/α,β-unsaturated/α-hetero) is 1. The van der Waals surface area contributed by atoms with Crippen LogP contribution in [0.3, 0.4) is 0 Å². The van der Waals surface area contributed by atoms with Gasteiger partial charge in [0, 0.05) is 18.6 Å². The second-order valence-corrected chi connectivity index (χ2v) is 4.11. The molecule has 0 unspecified atom stereocenters. The summed E-state index contributed by atoms with van der Waals surface area (Å²) < 4.78 is 26.2. The number of carbonyl (C=O) groups is 1. The van der Waals surface area contributed by atoms with Crippen molar-refractivity contribution in [3.05, 3.63) is 75.3 Å². The molecular weight excluding hydrogens is 268 g/mol. The Balaban J connectivity index is 2.31. The average Bonchev–Trinajstić information content (AvgIpc) is 2.41. The molecule has 0 aliphatic carbocycles. The largest absolute Gasteiger partial charge is 0.294 e. The third-order valence-corrected chi connectivity index (χ3v) is 2.77. The first-order chi connectivity index (χ1) is 9.49. The van der Waals surface area contributed by atoms with Crippen LogP contribution < -0.4 is 0 Å². The summed E-state index contributed by atoms with van der Waals surface area (Å²) in [6.45, 7) is 0. The summed E-state index contributed by atoms with van der Waals surface area (Å²) >= 11 is 0. The Hall–Kier alpha value is -2.63. The summed E-state index contributed by atoms with van der Waals surface area (Å²) in [4.78, 5) is 22.2. The molecule has 20 heavy (non-hydrogen) atoms. The molecule has 0 aliphatic rings. The zero-order valence-electron chi connectivity index (χ0n) is 10.2. The van der Waals surface area contributed by atoms with E-state index in [4.69, 9.17) is 0 Å². The molecule has 2 rings (SSSR count). The first-order valence-corrected chi connectivity index (χ1v) is 5.69. The van der Waals surface area contributed by atoms with E-state index in [0.29, 0.717) is 6.07 Å². The van der Waals surface area contributed by atoms with E-state index in [1.807, 2.05) is 0 Å². The summed E-state index contributed by atoms with van der Waals surface area (Å²) in [5, 5.41) is 10.8. The maximum atomic E-state index is 13.5. The Kier molecular flexibility index (Phi) is 3.84. The van der Waals surface area contributed by atoms with Gasteiger partial charge in [-0.05, 0) is 17.7 Å².